The molecular weight excluding hydrogens is 270 g/mol. The topological polar surface area (TPSA) is 67.1 Å². The normalized spacial score (nSPS) is 22.8. The lowest BCUT2D eigenvalue weighted by Gasteiger charge is -2.20. The van der Waals surface area contributed by atoms with E-state index in [0.717, 1.165) is 16.9 Å². The van der Waals surface area contributed by atoms with Crippen molar-refractivity contribution in [2.75, 3.05) is 13.7 Å². The fourth-order valence-electron chi connectivity index (χ4n) is 2.92. The number of pyridine rings is 1. The molecule has 0 aromatic carbocycles. The summed E-state index contributed by atoms with van der Waals surface area (Å²) in [6.45, 7) is 3.01. The van der Waals surface area contributed by atoms with Crippen LogP contribution in [0.2, 0.25) is 0 Å². The van der Waals surface area contributed by atoms with Crippen molar-refractivity contribution in [1.82, 2.24) is 14.3 Å². The molecule has 112 valence electrons. The maximum absolute atomic E-state index is 11.8. The van der Waals surface area contributed by atoms with Gasteiger partial charge in [-0.1, -0.05) is 6.07 Å². The Labute approximate surface area is 123 Å². The van der Waals surface area contributed by atoms with Crippen LogP contribution in [0.4, 0.5) is 0 Å². The van der Waals surface area contributed by atoms with Gasteiger partial charge < -0.3 is 14.2 Å². The van der Waals surface area contributed by atoms with Gasteiger partial charge in [0.15, 0.2) is 0 Å². The van der Waals surface area contributed by atoms with Crippen LogP contribution in [0.15, 0.2) is 24.5 Å². The van der Waals surface area contributed by atoms with Crippen LogP contribution in [0.1, 0.15) is 17.7 Å². The van der Waals surface area contributed by atoms with Gasteiger partial charge in [-0.05, 0) is 18.6 Å². The lowest BCUT2D eigenvalue weighted by atomic mass is 10.2. The minimum Gasteiger partial charge on any atom is -0.468 e. The first-order chi connectivity index (χ1) is 10.1. The Hall–Kier alpha value is -1.92. The van der Waals surface area contributed by atoms with E-state index in [1.807, 2.05) is 40.8 Å². The Morgan fingerprint density at radius 2 is 2.38 bits per heavy atom. The zero-order chi connectivity index (χ0) is 15.0. The Kier molecular flexibility index (Phi) is 3.65. The van der Waals surface area contributed by atoms with Crippen LogP contribution >= 0.6 is 0 Å². The average Bonchev–Trinajstić information content (AvgIpc) is 3.02. The molecule has 1 N–H and O–H groups in total. The fraction of sp³-hybridized carbons (Fsp3) is 0.467. The molecule has 2 aromatic heterocycles. The highest BCUT2D eigenvalue weighted by atomic mass is 16.5. The number of β-amino-alcohol motifs (C(OH)–C–C–N with tert-alkyl or cyclic N) is 1. The van der Waals surface area contributed by atoms with E-state index in [-0.39, 0.29) is 5.97 Å². The highest BCUT2D eigenvalue weighted by molar-refractivity contribution is 5.76. The minimum atomic E-state index is -0.493. The molecule has 2 aromatic rings. The summed E-state index contributed by atoms with van der Waals surface area (Å²) in [7, 11) is 1.37. The first-order valence-electron chi connectivity index (χ1n) is 7.01. The van der Waals surface area contributed by atoms with Crippen LogP contribution in [0.5, 0.6) is 0 Å². The SMILES string of the molecule is COC(=O)C1CC(O)CN1Cc1cn2cccc(C)c2n1. The Bertz CT molecular complexity index is 667. The highest BCUT2D eigenvalue weighted by Crippen LogP contribution is 2.22. The van der Waals surface area contributed by atoms with E-state index in [2.05, 4.69) is 4.98 Å². The van der Waals surface area contributed by atoms with Gasteiger partial charge in [0, 0.05) is 31.9 Å². The maximum atomic E-state index is 11.8. The molecule has 2 unspecified atom stereocenters. The van der Waals surface area contributed by atoms with Crippen LogP contribution < -0.4 is 0 Å². The predicted octanol–water partition coefficient (Wildman–Crippen LogP) is 0.751. The number of aryl methyl sites for hydroxylation is 1. The third kappa shape index (κ3) is 2.64. The lowest BCUT2D eigenvalue weighted by Crippen LogP contribution is -2.36. The summed E-state index contributed by atoms with van der Waals surface area (Å²) in [5, 5.41) is 9.80. The molecule has 1 fully saturated rings. The second-order valence-corrected chi connectivity index (χ2v) is 5.51. The molecule has 3 rings (SSSR count). The molecule has 2 atom stereocenters. The fourth-order valence-corrected chi connectivity index (χ4v) is 2.92. The highest BCUT2D eigenvalue weighted by Gasteiger charge is 2.36. The summed E-state index contributed by atoms with van der Waals surface area (Å²) in [5.74, 6) is -0.300. The Balaban J connectivity index is 1.83. The summed E-state index contributed by atoms with van der Waals surface area (Å²) in [5.41, 5.74) is 2.91. The maximum Gasteiger partial charge on any atom is 0.323 e. The molecule has 1 aliphatic heterocycles. The molecule has 0 bridgehead atoms. The average molecular weight is 289 g/mol. The van der Waals surface area contributed by atoms with E-state index in [0.29, 0.717) is 19.5 Å². The summed E-state index contributed by atoms with van der Waals surface area (Å²) in [4.78, 5) is 18.3. The standard InChI is InChI=1S/C15H19N3O3/c1-10-4-3-5-17-7-11(16-14(10)17)8-18-9-12(19)6-13(18)15(20)21-2/h3-5,7,12-13,19H,6,8-9H2,1-2H3. The molecule has 6 nitrogen and oxygen atoms in total. The Morgan fingerprint density at radius 3 is 3.10 bits per heavy atom. The summed E-state index contributed by atoms with van der Waals surface area (Å²) >= 11 is 0. The molecule has 21 heavy (non-hydrogen) atoms. The molecule has 1 aliphatic rings. The quantitative estimate of drug-likeness (QED) is 0.845. The van der Waals surface area contributed by atoms with Crippen molar-refractivity contribution in [1.29, 1.82) is 0 Å². The molecule has 6 heteroatoms. The van der Waals surface area contributed by atoms with Crippen LogP contribution in [0.3, 0.4) is 0 Å². The van der Waals surface area contributed by atoms with Crippen LogP contribution in [-0.4, -0.2) is 51.2 Å². The van der Waals surface area contributed by atoms with Gasteiger partial charge in [-0.3, -0.25) is 9.69 Å². The number of nitrogens with zero attached hydrogens (tertiary/aromatic N) is 3. The van der Waals surface area contributed by atoms with Gasteiger partial charge in [-0.25, -0.2) is 4.98 Å². The van der Waals surface area contributed by atoms with Crippen molar-refractivity contribution >= 4 is 11.6 Å². The number of esters is 1. The van der Waals surface area contributed by atoms with E-state index in [9.17, 15) is 9.90 Å². The minimum absolute atomic E-state index is 0.300. The van der Waals surface area contributed by atoms with Crippen molar-refractivity contribution in [3.05, 3.63) is 35.8 Å². The monoisotopic (exact) mass is 289 g/mol. The number of imidazole rings is 1. The van der Waals surface area contributed by atoms with Crippen molar-refractivity contribution in [2.24, 2.45) is 0 Å². The number of carbonyl (C=O) groups excluding carboxylic acids is 1. The lowest BCUT2D eigenvalue weighted by molar-refractivity contribution is -0.146. The Morgan fingerprint density at radius 1 is 1.57 bits per heavy atom. The summed E-state index contributed by atoms with van der Waals surface area (Å²) in [6.07, 6.45) is 3.84. The first kappa shape index (κ1) is 14.0. The smallest absolute Gasteiger partial charge is 0.323 e. The van der Waals surface area contributed by atoms with Crippen LogP contribution in [0, 0.1) is 6.92 Å². The number of likely N-dealkylation sites (tertiary alicyclic amines) is 1. The molecule has 0 saturated carbocycles. The van der Waals surface area contributed by atoms with Crippen molar-refractivity contribution in [2.45, 2.75) is 32.0 Å². The largest absolute Gasteiger partial charge is 0.468 e. The van der Waals surface area contributed by atoms with Crippen molar-refractivity contribution < 1.29 is 14.6 Å². The molecule has 3 heterocycles. The van der Waals surface area contributed by atoms with Gasteiger partial charge in [0.05, 0.1) is 18.9 Å². The molecule has 0 aliphatic carbocycles. The molecule has 0 radical (unpaired) electrons. The van der Waals surface area contributed by atoms with Gasteiger partial charge >= 0.3 is 5.97 Å². The number of aliphatic hydroxyl groups is 1. The number of hydrogen-bond acceptors (Lipinski definition) is 5. The molecule has 0 spiro atoms. The number of rotatable bonds is 3. The van der Waals surface area contributed by atoms with Crippen molar-refractivity contribution in [3.8, 4) is 0 Å². The van der Waals surface area contributed by atoms with Crippen molar-refractivity contribution in [3.63, 3.8) is 0 Å². The van der Waals surface area contributed by atoms with E-state index in [4.69, 9.17) is 4.74 Å². The zero-order valence-electron chi connectivity index (χ0n) is 12.2. The number of aromatic nitrogens is 2. The van der Waals surface area contributed by atoms with Gasteiger partial charge in [-0.2, -0.15) is 0 Å². The number of aliphatic hydroxyl groups excluding tert-OH is 1. The molecule has 0 amide bonds. The van der Waals surface area contributed by atoms with Crippen LogP contribution in [0.25, 0.3) is 5.65 Å². The van der Waals surface area contributed by atoms with E-state index in [1.54, 1.807) is 0 Å². The second-order valence-electron chi connectivity index (χ2n) is 5.51. The first-order valence-corrected chi connectivity index (χ1v) is 7.01. The number of carbonyl (C=O) groups is 1. The third-order valence-electron chi connectivity index (χ3n) is 3.95. The van der Waals surface area contributed by atoms with E-state index >= 15 is 0 Å². The van der Waals surface area contributed by atoms with Gasteiger partial charge in [0.25, 0.3) is 0 Å². The van der Waals surface area contributed by atoms with Crippen LogP contribution in [-0.2, 0) is 16.1 Å². The van der Waals surface area contributed by atoms with E-state index < -0.39 is 12.1 Å². The predicted molar refractivity (Wildman–Crippen MR) is 76.8 cm³/mol. The molecular formula is C15H19N3O3. The van der Waals surface area contributed by atoms with Gasteiger partial charge in [0.2, 0.25) is 0 Å². The number of methoxy groups -OCH3 is 1. The summed E-state index contributed by atoms with van der Waals surface area (Å²) < 4.78 is 6.79. The number of fused-ring (bicyclic) bond motifs is 1. The number of hydrogen-bond donors (Lipinski definition) is 1. The zero-order valence-corrected chi connectivity index (χ0v) is 12.2. The third-order valence-corrected chi connectivity index (χ3v) is 3.95. The van der Waals surface area contributed by atoms with E-state index in [1.165, 1.54) is 7.11 Å². The van der Waals surface area contributed by atoms with Gasteiger partial charge in [0.1, 0.15) is 11.7 Å². The summed E-state index contributed by atoms with van der Waals surface area (Å²) in [6, 6.07) is 3.60. The second kappa shape index (κ2) is 5.46. The molecule has 1 saturated heterocycles. The van der Waals surface area contributed by atoms with Gasteiger partial charge in [-0.15, -0.1) is 0 Å². The number of ether oxygens (including phenoxy) is 1.